The fourth-order valence-corrected chi connectivity index (χ4v) is 8.35. The number of hydrogen-bond donors (Lipinski definition) is 0. The number of para-hydroxylation sites is 6. The minimum absolute atomic E-state index is 0.216. The Hall–Kier alpha value is -6.72. The Labute approximate surface area is 299 Å². The molecule has 0 unspecified atom stereocenters. The number of rotatable bonds is 4. The Morgan fingerprint density at radius 1 is 0.500 bits per heavy atom. The lowest BCUT2D eigenvalue weighted by Crippen LogP contribution is -2.15. The van der Waals surface area contributed by atoms with Gasteiger partial charge in [-0.3, -0.25) is 0 Å². The number of benzene rings is 7. The molecule has 0 N–H and O–H groups in total. The van der Waals surface area contributed by atoms with Gasteiger partial charge in [-0.1, -0.05) is 92.7 Å². The van der Waals surface area contributed by atoms with Crippen molar-refractivity contribution in [3.05, 3.63) is 163 Å². The van der Waals surface area contributed by atoms with Crippen molar-refractivity contribution in [3.63, 3.8) is 0 Å². The van der Waals surface area contributed by atoms with E-state index in [1.807, 2.05) is 48.5 Å². The first-order valence-corrected chi connectivity index (χ1v) is 17.7. The molecule has 0 fully saturated rings. The highest BCUT2D eigenvalue weighted by Gasteiger charge is 2.38. The van der Waals surface area contributed by atoms with Gasteiger partial charge in [-0.2, -0.15) is 0 Å². The molecular weight excluding hydrogens is 639 g/mol. The maximum absolute atomic E-state index is 6.29. The van der Waals surface area contributed by atoms with Crippen LogP contribution in [0.1, 0.15) is 25.0 Å². The van der Waals surface area contributed by atoms with E-state index in [0.717, 1.165) is 50.1 Å². The quantitative estimate of drug-likeness (QED) is 0.187. The molecule has 0 radical (unpaired) electrons. The molecule has 7 aromatic carbocycles. The van der Waals surface area contributed by atoms with Gasteiger partial charge in [0.05, 0.1) is 11.0 Å². The second kappa shape index (κ2) is 10.6. The molecule has 0 saturated carbocycles. The van der Waals surface area contributed by atoms with Gasteiger partial charge in [0.1, 0.15) is 11.0 Å². The molecule has 3 aromatic heterocycles. The second-order valence-corrected chi connectivity index (χ2v) is 14.2. The largest absolute Gasteiger partial charge is 0.436 e. The summed E-state index contributed by atoms with van der Waals surface area (Å²) in [6.07, 6.45) is 0. The van der Waals surface area contributed by atoms with Crippen molar-refractivity contribution in [2.45, 2.75) is 19.3 Å². The van der Waals surface area contributed by atoms with E-state index in [9.17, 15) is 0 Å². The molecule has 0 spiro atoms. The van der Waals surface area contributed by atoms with E-state index in [1.165, 1.54) is 44.1 Å². The molecule has 0 aliphatic heterocycles. The molecule has 1 aliphatic carbocycles. The lowest BCUT2D eigenvalue weighted by Gasteiger charge is -2.22. The van der Waals surface area contributed by atoms with Gasteiger partial charge in [-0.05, 0) is 106 Å². The Bertz CT molecular complexity index is 2890. The molecule has 0 amide bonds. The number of fused-ring (bicyclic) bond motifs is 9. The summed E-state index contributed by atoms with van der Waals surface area (Å²) < 4.78 is 15.0. The lowest BCUT2D eigenvalue weighted by molar-refractivity contribution is 0.617. The third-order valence-corrected chi connectivity index (χ3v) is 10.8. The predicted octanol–water partition coefficient (Wildman–Crippen LogP) is 12.4. The van der Waals surface area contributed by atoms with Gasteiger partial charge in [0.15, 0.2) is 11.2 Å². The highest BCUT2D eigenvalue weighted by molar-refractivity contribution is 6.18. The van der Waals surface area contributed by atoms with Crippen LogP contribution in [0.15, 0.2) is 160 Å². The summed E-state index contributed by atoms with van der Waals surface area (Å²) in [6.45, 7) is 4.70. The van der Waals surface area contributed by atoms with Crippen molar-refractivity contribution >= 4 is 44.0 Å². The smallest absolute Gasteiger partial charge is 0.227 e. The highest BCUT2D eigenvalue weighted by atomic mass is 16.4. The van der Waals surface area contributed by atoms with Crippen LogP contribution < -0.4 is 0 Å². The van der Waals surface area contributed by atoms with E-state index in [4.69, 9.17) is 18.8 Å². The third-order valence-electron chi connectivity index (χ3n) is 10.8. The first-order chi connectivity index (χ1) is 25.5. The van der Waals surface area contributed by atoms with Gasteiger partial charge < -0.3 is 13.4 Å². The van der Waals surface area contributed by atoms with E-state index in [-0.39, 0.29) is 5.41 Å². The van der Waals surface area contributed by atoms with Crippen LogP contribution in [-0.4, -0.2) is 14.5 Å². The van der Waals surface area contributed by atoms with Crippen LogP contribution in [0.2, 0.25) is 0 Å². The Morgan fingerprint density at radius 3 is 1.81 bits per heavy atom. The van der Waals surface area contributed by atoms with E-state index >= 15 is 0 Å². The van der Waals surface area contributed by atoms with Crippen molar-refractivity contribution in [2.75, 3.05) is 0 Å². The van der Waals surface area contributed by atoms with Crippen LogP contribution in [0.4, 0.5) is 0 Å². The number of oxazole rings is 2. The van der Waals surface area contributed by atoms with Gasteiger partial charge in [0.2, 0.25) is 11.8 Å². The second-order valence-electron chi connectivity index (χ2n) is 14.2. The summed E-state index contributed by atoms with van der Waals surface area (Å²) in [5.74, 6) is 1.12. The van der Waals surface area contributed by atoms with Gasteiger partial charge in [0, 0.05) is 33.0 Å². The molecule has 0 bridgehead atoms. The molecule has 10 aromatic rings. The van der Waals surface area contributed by atoms with Crippen LogP contribution >= 0.6 is 0 Å². The SMILES string of the molecule is CC1(C)c2cc(-c3cc(-c4nc5ccccc5o4)cc(-c4nc5ccccc5o4)c3)ccc2-c2c1ccc1c2c2ccccc2n1-c1ccccc1. The van der Waals surface area contributed by atoms with E-state index in [1.54, 1.807) is 0 Å². The van der Waals surface area contributed by atoms with Crippen LogP contribution in [0.25, 0.3) is 94.9 Å². The fraction of sp³-hybridized carbons (Fsp3) is 0.0638. The van der Waals surface area contributed by atoms with Gasteiger partial charge in [0.25, 0.3) is 0 Å². The molecular formula is C47H31N3O2. The molecule has 5 heteroatoms. The van der Waals surface area contributed by atoms with Gasteiger partial charge in [-0.25, -0.2) is 9.97 Å². The van der Waals surface area contributed by atoms with Crippen LogP contribution in [0.3, 0.4) is 0 Å². The van der Waals surface area contributed by atoms with Gasteiger partial charge in [-0.15, -0.1) is 0 Å². The first kappa shape index (κ1) is 29.1. The Balaban J connectivity index is 1.12. The average molecular weight is 670 g/mol. The third kappa shape index (κ3) is 4.17. The molecule has 0 saturated heterocycles. The zero-order chi connectivity index (χ0) is 34.6. The summed E-state index contributed by atoms with van der Waals surface area (Å²) in [4.78, 5) is 9.72. The number of hydrogen-bond acceptors (Lipinski definition) is 4. The summed E-state index contributed by atoms with van der Waals surface area (Å²) in [5.41, 5.74) is 15.6. The van der Waals surface area contributed by atoms with Crippen LogP contribution in [-0.2, 0) is 5.41 Å². The highest BCUT2D eigenvalue weighted by Crippen LogP contribution is 2.54. The molecule has 11 rings (SSSR count). The van der Waals surface area contributed by atoms with Crippen molar-refractivity contribution in [3.8, 4) is 50.8 Å². The number of aromatic nitrogens is 3. The molecule has 1 aliphatic rings. The summed E-state index contributed by atoms with van der Waals surface area (Å²) >= 11 is 0. The molecule has 0 atom stereocenters. The summed E-state index contributed by atoms with van der Waals surface area (Å²) in [7, 11) is 0. The maximum Gasteiger partial charge on any atom is 0.227 e. The van der Waals surface area contributed by atoms with Crippen molar-refractivity contribution in [1.29, 1.82) is 0 Å². The Morgan fingerprint density at radius 2 is 1.12 bits per heavy atom. The zero-order valence-corrected chi connectivity index (χ0v) is 28.6. The van der Waals surface area contributed by atoms with Gasteiger partial charge >= 0.3 is 0 Å². The molecule has 246 valence electrons. The predicted molar refractivity (Wildman–Crippen MR) is 210 cm³/mol. The molecule has 3 heterocycles. The molecule has 52 heavy (non-hydrogen) atoms. The minimum Gasteiger partial charge on any atom is -0.436 e. The minimum atomic E-state index is -0.216. The van der Waals surface area contributed by atoms with Crippen molar-refractivity contribution in [1.82, 2.24) is 14.5 Å². The van der Waals surface area contributed by atoms with Crippen molar-refractivity contribution < 1.29 is 8.83 Å². The normalized spacial score (nSPS) is 13.3. The fourth-order valence-electron chi connectivity index (χ4n) is 8.35. The van der Waals surface area contributed by atoms with E-state index < -0.39 is 0 Å². The summed E-state index contributed by atoms with van der Waals surface area (Å²) in [6, 6.07) is 53.2. The molecule has 5 nitrogen and oxygen atoms in total. The summed E-state index contributed by atoms with van der Waals surface area (Å²) in [5, 5.41) is 2.56. The maximum atomic E-state index is 6.29. The van der Waals surface area contributed by atoms with Crippen molar-refractivity contribution in [2.24, 2.45) is 0 Å². The number of nitrogens with zero attached hydrogens (tertiary/aromatic N) is 3. The van der Waals surface area contributed by atoms with Crippen LogP contribution in [0, 0.1) is 0 Å². The topological polar surface area (TPSA) is 57.0 Å². The average Bonchev–Trinajstić information content (AvgIpc) is 3.95. The standard InChI is InChI=1S/C47H31N3O2/c1-47(2)35-22-23-40-44(34-14-6-9-17-39(34)50(40)32-12-4-3-5-13-32)43(35)33-21-20-28(27-36(33)47)29-24-30(45-48-37-15-7-10-18-41(37)51-45)26-31(25-29)46-49-38-16-8-11-19-42(38)52-46/h3-27H,1-2H3. The first-order valence-electron chi connectivity index (χ1n) is 17.7. The zero-order valence-electron chi connectivity index (χ0n) is 28.6. The van der Waals surface area contributed by atoms with E-state index in [0.29, 0.717) is 11.8 Å². The monoisotopic (exact) mass is 669 g/mol. The van der Waals surface area contributed by atoms with E-state index in [2.05, 4.69) is 122 Å². The lowest BCUT2D eigenvalue weighted by atomic mass is 9.81. The Kier molecular flexibility index (Phi) is 5.95. The van der Waals surface area contributed by atoms with Crippen LogP contribution in [0.5, 0.6) is 0 Å².